The number of methoxy groups -OCH3 is 3. The van der Waals surface area contributed by atoms with E-state index < -0.39 is 0 Å². The van der Waals surface area contributed by atoms with Crippen LogP contribution in [-0.4, -0.2) is 31.3 Å². The van der Waals surface area contributed by atoms with Gasteiger partial charge in [0.05, 0.1) is 21.3 Å². The van der Waals surface area contributed by atoms with E-state index in [1.54, 1.807) is 27.5 Å². The summed E-state index contributed by atoms with van der Waals surface area (Å²) in [6, 6.07) is 15.8. The lowest BCUT2D eigenvalue weighted by molar-refractivity contribution is 0.324. The lowest BCUT2D eigenvalue weighted by Crippen LogP contribution is -1.95. The van der Waals surface area contributed by atoms with Gasteiger partial charge < -0.3 is 23.6 Å². The minimum Gasteiger partial charge on any atom is -0.493 e. The zero-order valence-corrected chi connectivity index (χ0v) is 16.9. The Bertz CT molecular complexity index is 1340. The van der Waals surface area contributed by atoms with Crippen LogP contribution in [0.25, 0.3) is 44.5 Å². The molecule has 0 saturated heterocycles. The van der Waals surface area contributed by atoms with Gasteiger partial charge in [-0.1, -0.05) is 18.2 Å². The van der Waals surface area contributed by atoms with E-state index >= 15 is 0 Å². The highest BCUT2D eigenvalue weighted by molar-refractivity contribution is 6.02. The molecule has 30 heavy (non-hydrogen) atoms. The van der Waals surface area contributed by atoms with Gasteiger partial charge in [0.15, 0.2) is 17.1 Å². The highest BCUT2D eigenvalue weighted by Gasteiger charge is 2.18. The van der Waals surface area contributed by atoms with E-state index in [0.717, 1.165) is 38.7 Å². The van der Waals surface area contributed by atoms with Gasteiger partial charge in [-0.3, -0.25) is 4.98 Å². The predicted molar refractivity (Wildman–Crippen MR) is 116 cm³/mol. The van der Waals surface area contributed by atoms with Crippen LogP contribution in [0.5, 0.6) is 17.2 Å². The van der Waals surface area contributed by atoms with Crippen LogP contribution in [0.1, 0.15) is 0 Å². The van der Waals surface area contributed by atoms with Crippen LogP contribution in [0.4, 0.5) is 0 Å². The maximum atomic E-state index is 6.30. The Morgan fingerprint density at radius 3 is 2.37 bits per heavy atom. The van der Waals surface area contributed by atoms with E-state index in [1.807, 2.05) is 42.6 Å². The van der Waals surface area contributed by atoms with Crippen molar-refractivity contribution in [1.82, 2.24) is 9.97 Å². The summed E-state index contributed by atoms with van der Waals surface area (Å²) in [4.78, 5) is 7.83. The lowest BCUT2D eigenvalue weighted by Gasteiger charge is -2.13. The number of rotatable bonds is 5. The molecule has 0 spiro atoms. The van der Waals surface area contributed by atoms with Gasteiger partial charge in [-0.05, 0) is 24.3 Å². The number of furan rings is 1. The standard InChI is InChI=1S/C24H20N2O4/c1-27-21-10-14(11-22(28-2)24(21)29-3)20-12-19-23(30-20)16(8-9-25-19)17-13-26-18-7-5-4-6-15(17)18/h4-13,26H,1-3H3. The molecular weight excluding hydrogens is 380 g/mol. The summed E-state index contributed by atoms with van der Waals surface area (Å²) in [6.45, 7) is 0. The minimum absolute atomic E-state index is 0.539. The maximum absolute atomic E-state index is 6.30. The molecular formula is C24H20N2O4. The van der Waals surface area contributed by atoms with Crippen molar-refractivity contribution in [3.63, 3.8) is 0 Å². The lowest BCUT2D eigenvalue weighted by atomic mass is 10.1. The molecule has 0 saturated carbocycles. The van der Waals surface area contributed by atoms with Gasteiger partial charge in [-0.2, -0.15) is 0 Å². The van der Waals surface area contributed by atoms with Gasteiger partial charge in [-0.25, -0.2) is 0 Å². The molecule has 0 aliphatic heterocycles. The Labute approximate surface area is 173 Å². The Morgan fingerprint density at radius 2 is 1.63 bits per heavy atom. The number of nitrogens with zero attached hydrogens (tertiary/aromatic N) is 1. The van der Waals surface area contributed by atoms with Gasteiger partial charge >= 0.3 is 0 Å². The van der Waals surface area contributed by atoms with Gasteiger partial charge in [0, 0.05) is 46.1 Å². The molecule has 0 radical (unpaired) electrons. The van der Waals surface area contributed by atoms with Crippen LogP contribution in [0, 0.1) is 0 Å². The normalized spacial score (nSPS) is 11.2. The first-order chi connectivity index (χ1) is 14.7. The topological polar surface area (TPSA) is 69.5 Å². The predicted octanol–water partition coefficient (Wildman–Crippen LogP) is 5.67. The number of aromatic nitrogens is 2. The third kappa shape index (κ3) is 2.76. The number of hydrogen-bond donors (Lipinski definition) is 1. The molecule has 5 rings (SSSR count). The molecule has 5 aromatic rings. The summed E-state index contributed by atoms with van der Waals surface area (Å²) < 4.78 is 22.7. The molecule has 1 N–H and O–H groups in total. The summed E-state index contributed by atoms with van der Waals surface area (Å²) in [5, 5.41) is 1.13. The molecule has 0 bridgehead atoms. The molecule has 2 aromatic carbocycles. The van der Waals surface area contributed by atoms with Gasteiger partial charge in [0.2, 0.25) is 5.75 Å². The summed E-state index contributed by atoms with van der Waals surface area (Å²) in [6.07, 6.45) is 3.80. The first-order valence-electron chi connectivity index (χ1n) is 9.49. The zero-order valence-electron chi connectivity index (χ0n) is 16.9. The minimum atomic E-state index is 0.539. The van der Waals surface area contributed by atoms with Crippen LogP contribution in [0.2, 0.25) is 0 Å². The first kappa shape index (κ1) is 18.1. The molecule has 3 heterocycles. The van der Waals surface area contributed by atoms with Crippen molar-refractivity contribution in [3.05, 3.63) is 60.9 Å². The maximum Gasteiger partial charge on any atom is 0.203 e. The summed E-state index contributed by atoms with van der Waals surface area (Å²) in [7, 11) is 4.77. The Kier molecular flexibility index (Phi) is 4.32. The molecule has 0 amide bonds. The Balaban J connectivity index is 1.70. The van der Waals surface area contributed by atoms with Crippen LogP contribution in [0.3, 0.4) is 0 Å². The van der Waals surface area contributed by atoms with Crippen molar-refractivity contribution in [2.75, 3.05) is 21.3 Å². The van der Waals surface area contributed by atoms with E-state index in [4.69, 9.17) is 18.6 Å². The number of aromatic amines is 1. The van der Waals surface area contributed by atoms with Gasteiger partial charge in [0.25, 0.3) is 0 Å². The highest BCUT2D eigenvalue weighted by Crippen LogP contribution is 2.43. The second-order valence-electron chi connectivity index (χ2n) is 6.85. The third-order valence-corrected chi connectivity index (χ3v) is 5.24. The average Bonchev–Trinajstić information content (AvgIpc) is 3.42. The van der Waals surface area contributed by atoms with Crippen LogP contribution < -0.4 is 14.2 Å². The number of para-hydroxylation sites is 1. The fraction of sp³-hybridized carbons (Fsp3) is 0.125. The first-order valence-corrected chi connectivity index (χ1v) is 9.49. The molecule has 6 heteroatoms. The van der Waals surface area contributed by atoms with E-state index in [0.29, 0.717) is 23.0 Å². The fourth-order valence-corrected chi connectivity index (χ4v) is 3.81. The van der Waals surface area contributed by atoms with E-state index in [2.05, 4.69) is 22.1 Å². The third-order valence-electron chi connectivity index (χ3n) is 5.24. The second-order valence-corrected chi connectivity index (χ2v) is 6.85. The second kappa shape index (κ2) is 7.15. The van der Waals surface area contributed by atoms with Crippen LogP contribution in [0.15, 0.2) is 65.3 Å². The number of nitrogens with one attached hydrogen (secondary N) is 1. The van der Waals surface area contributed by atoms with Gasteiger partial charge in [-0.15, -0.1) is 0 Å². The van der Waals surface area contributed by atoms with Gasteiger partial charge in [0.1, 0.15) is 11.3 Å². The number of hydrogen-bond acceptors (Lipinski definition) is 5. The Morgan fingerprint density at radius 1 is 0.867 bits per heavy atom. The van der Waals surface area contributed by atoms with Crippen LogP contribution >= 0.6 is 0 Å². The smallest absolute Gasteiger partial charge is 0.203 e. The molecule has 6 nitrogen and oxygen atoms in total. The van der Waals surface area contributed by atoms with E-state index in [9.17, 15) is 0 Å². The average molecular weight is 400 g/mol. The summed E-state index contributed by atoms with van der Waals surface area (Å²) in [5.74, 6) is 2.34. The number of benzene rings is 2. The fourth-order valence-electron chi connectivity index (χ4n) is 3.81. The molecule has 3 aromatic heterocycles. The number of fused-ring (bicyclic) bond motifs is 2. The van der Waals surface area contributed by atoms with Crippen molar-refractivity contribution >= 4 is 22.0 Å². The van der Waals surface area contributed by atoms with E-state index in [-0.39, 0.29) is 0 Å². The number of H-pyrrole nitrogens is 1. The quantitative estimate of drug-likeness (QED) is 0.412. The number of pyridine rings is 1. The molecule has 0 atom stereocenters. The monoisotopic (exact) mass is 400 g/mol. The summed E-state index contributed by atoms with van der Waals surface area (Å²) in [5.41, 5.74) is 5.45. The highest BCUT2D eigenvalue weighted by atomic mass is 16.5. The van der Waals surface area contributed by atoms with Crippen molar-refractivity contribution in [3.8, 4) is 39.7 Å². The summed E-state index contributed by atoms with van der Waals surface area (Å²) >= 11 is 0. The molecule has 0 unspecified atom stereocenters. The van der Waals surface area contributed by atoms with Crippen molar-refractivity contribution in [2.45, 2.75) is 0 Å². The van der Waals surface area contributed by atoms with Crippen molar-refractivity contribution in [1.29, 1.82) is 0 Å². The molecule has 0 fully saturated rings. The Hall–Kier alpha value is -3.93. The van der Waals surface area contributed by atoms with Crippen molar-refractivity contribution in [2.24, 2.45) is 0 Å². The molecule has 0 aliphatic rings. The van der Waals surface area contributed by atoms with Crippen LogP contribution in [-0.2, 0) is 0 Å². The SMILES string of the molecule is COc1cc(-c2cc3nccc(-c4c[nH]c5ccccc45)c3o2)cc(OC)c1OC. The van der Waals surface area contributed by atoms with Crippen molar-refractivity contribution < 1.29 is 18.6 Å². The van der Waals surface area contributed by atoms with E-state index in [1.165, 1.54) is 0 Å². The zero-order chi connectivity index (χ0) is 20.7. The number of ether oxygens (including phenoxy) is 3. The molecule has 0 aliphatic carbocycles. The molecule has 150 valence electrons. The largest absolute Gasteiger partial charge is 0.493 e.